The molecule has 0 aromatic carbocycles. The summed E-state index contributed by atoms with van der Waals surface area (Å²) in [5, 5.41) is 31.9. The van der Waals surface area contributed by atoms with E-state index in [-0.39, 0.29) is 70.4 Å². The number of hydrogen-bond donors (Lipinski definition) is 3. The molecule has 6 heteroatoms. The van der Waals surface area contributed by atoms with Crippen LogP contribution in [0.1, 0.15) is 80.1 Å². The molecule has 0 radical (unpaired) electrons. The van der Waals surface area contributed by atoms with Gasteiger partial charge in [0.1, 0.15) is 6.10 Å². The number of cyclic esters (lactones) is 1. The Morgan fingerprint density at radius 1 is 1.00 bits per heavy atom. The molecule has 4 rings (SSSR count). The first-order chi connectivity index (χ1) is 15.8. The first-order valence-corrected chi connectivity index (χ1v) is 13.6. The summed E-state index contributed by atoms with van der Waals surface area (Å²) >= 11 is 0. The summed E-state index contributed by atoms with van der Waals surface area (Å²) in [5.74, 6) is 0.356. The second-order valence-electron chi connectivity index (χ2n) is 13.1. The van der Waals surface area contributed by atoms with E-state index < -0.39 is 18.3 Å². The van der Waals surface area contributed by atoms with Crippen LogP contribution in [0.15, 0.2) is 0 Å². The van der Waals surface area contributed by atoms with Crippen molar-refractivity contribution in [1.82, 2.24) is 0 Å². The molecule has 1 saturated heterocycles. The van der Waals surface area contributed by atoms with Crippen molar-refractivity contribution in [3.05, 3.63) is 0 Å². The monoisotopic (exact) mass is 478 g/mol. The zero-order chi connectivity index (χ0) is 25.2. The molecule has 0 aromatic heterocycles. The fourth-order valence-electron chi connectivity index (χ4n) is 8.77. The van der Waals surface area contributed by atoms with Gasteiger partial charge < -0.3 is 20.1 Å². The molecule has 6 nitrogen and oxygen atoms in total. The molecule has 4 aliphatic rings. The maximum absolute atomic E-state index is 13.0. The number of ether oxygens (including phenoxy) is 1. The largest absolute Gasteiger partial charge is 0.465 e. The van der Waals surface area contributed by atoms with E-state index in [4.69, 9.17) is 4.74 Å². The van der Waals surface area contributed by atoms with Crippen LogP contribution in [0.5, 0.6) is 0 Å². The standard InChI is InChI=1S/C28H46O6/c1-14(2)15(3)24(31)25(32)16(4)18-7-8-19-17-13-34-26(33)21-11-22(29)23(30)12-28(21,6)20(17)9-10-27(18,19)5/h14-23,25,29-30,32H,7-13H2,1-6H3/t15-,16-,17-,18+,19-,20-,21+,22+,23-,25+,27+,28+/m0/s1. The lowest BCUT2D eigenvalue weighted by Crippen LogP contribution is -2.54. The van der Waals surface area contributed by atoms with Crippen molar-refractivity contribution in [3.63, 3.8) is 0 Å². The molecule has 0 aromatic rings. The van der Waals surface area contributed by atoms with Gasteiger partial charge in [-0.25, -0.2) is 0 Å². The Labute approximate surface area is 204 Å². The SMILES string of the molecule is CC(C)[C@H](C)C(=O)[C@H](O)[C@@H](C)[C@H]1CC[C@H]2[C@@H]3COC(=O)[C@H]4C[C@@H](O)[C@@H](O)C[C@]4(C)[C@H]3CC[C@]12C. The number of Topliss-reactive ketones (excluding diaryl/α,β-unsaturated/α-hetero) is 1. The van der Waals surface area contributed by atoms with Crippen molar-refractivity contribution in [2.45, 2.75) is 98.4 Å². The maximum atomic E-state index is 13.0. The lowest BCUT2D eigenvalue weighted by Gasteiger charge is -2.56. The summed E-state index contributed by atoms with van der Waals surface area (Å²) in [5.41, 5.74) is -0.400. The highest BCUT2D eigenvalue weighted by Crippen LogP contribution is 2.66. The Hall–Kier alpha value is -0.980. The fraction of sp³-hybridized carbons (Fsp3) is 0.929. The first-order valence-electron chi connectivity index (χ1n) is 13.6. The smallest absolute Gasteiger partial charge is 0.309 e. The zero-order valence-electron chi connectivity index (χ0n) is 21.9. The number of aliphatic hydroxyl groups excluding tert-OH is 3. The van der Waals surface area contributed by atoms with Crippen molar-refractivity contribution in [2.75, 3.05) is 6.61 Å². The van der Waals surface area contributed by atoms with Gasteiger partial charge in [0, 0.05) is 5.92 Å². The van der Waals surface area contributed by atoms with Gasteiger partial charge in [0.25, 0.3) is 0 Å². The molecule has 0 spiro atoms. The number of carbonyl (C=O) groups excluding carboxylic acids is 2. The minimum atomic E-state index is -0.945. The van der Waals surface area contributed by atoms with Crippen LogP contribution in [0.4, 0.5) is 0 Å². The Kier molecular flexibility index (Phi) is 7.02. The Balaban J connectivity index is 1.58. The summed E-state index contributed by atoms with van der Waals surface area (Å²) in [6.07, 6.45) is 1.99. The summed E-state index contributed by atoms with van der Waals surface area (Å²) in [7, 11) is 0. The van der Waals surface area contributed by atoms with Crippen molar-refractivity contribution in [2.24, 2.45) is 58.2 Å². The highest BCUT2D eigenvalue weighted by Gasteiger charge is 2.63. The first kappa shape index (κ1) is 26.1. The van der Waals surface area contributed by atoms with Crippen LogP contribution in [-0.2, 0) is 14.3 Å². The van der Waals surface area contributed by atoms with Gasteiger partial charge >= 0.3 is 5.97 Å². The molecule has 4 fully saturated rings. The van der Waals surface area contributed by atoms with Crippen LogP contribution in [0.3, 0.4) is 0 Å². The highest BCUT2D eigenvalue weighted by molar-refractivity contribution is 5.85. The Morgan fingerprint density at radius 3 is 2.29 bits per heavy atom. The molecule has 1 aliphatic heterocycles. The molecule has 3 N–H and O–H groups in total. The van der Waals surface area contributed by atoms with Crippen LogP contribution in [0.25, 0.3) is 0 Å². The van der Waals surface area contributed by atoms with E-state index in [1.165, 1.54) is 0 Å². The van der Waals surface area contributed by atoms with E-state index in [9.17, 15) is 24.9 Å². The van der Waals surface area contributed by atoms with Crippen LogP contribution >= 0.6 is 0 Å². The van der Waals surface area contributed by atoms with Gasteiger partial charge in [-0.15, -0.1) is 0 Å². The van der Waals surface area contributed by atoms with Crippen LogP contribution in [0, 0.1) is 58.2 Å². The third-order valence-electron chi connectivity index (χ3n) is 11.3. The zero-order valence-corrected chi connectivity index (χ0v) is 21.9. The number of hydrogen-bond acceptors (Lipinski definition) is 6. The lowest BCUT2D eigenvalue weighted by molar-refractivity contribution is -0.162. The van der Waals surface area contributed by atoms with Crippen molar-refractivity contribution < 1.29 is 29.6 Å². The summed E-state index contributed by atoms with van der Waals surface area (Å²) in [6, 6.07) is 0. The Morgan fingerprint density at radius 2 is 1.65 bits per heavy atom. The van der Waals surface area contributed by atoms with Crippen LogP contribution < -0.4 is 0 Å². The van der Waals surface area contributed by atoms with E-state index >= 15 is 0 Å². The van der Waals surface area contributed by atoms with E-state index in [0.717, 1.165) is 25.7 Å². The predicted molar refractivity (Wildman–Crippen MR) is 129 cm³/mol. The number of esters is 1. The van der Waals surface area contributed by atoms with Crippen molar-refractivity contribution in [3.8, 4) is 0 Å². The van der Waals surface area contributed by atoms with Crippen molar-refractivity contribution in [1.29, 1.82) is 0 Å². The van der Waals surface area contributed by atoms with Crippen LogP contribution in [-0.4, -0.2) is 52.0 Å². The number of ketones is 1. The lowest BCUT2D eigenvalue weighted by atomic mass is 9.48. The summed E-state index contributed by atoms with van der Waals surface area (Å²) in [4.78, 5) is 26.0. The summed E-state index contributed by atoms with van der Waals surface area (Å²) in [6.45, 7) is 12.9. The maximum Gasteiger partial charge on any atom is 0.309 e. The van der Waals surface area contributed by atoms with Crippen molar-refractivity contribution >= 4 is 11.8 Å². The van der Waals surface area contributed by atoms with Crippen LogP contribution in [0.2, 0.25) is 0 Å². The van der Waals surface area contributed by atoms with Gasteiger partial charge in [-0.05, 0) is 84.9 Å². The average molecular weight is 479 g/mol. The molecule has 0 unspecified atom stereocenters. The third kappa shape index (κ3) is 3.96. The molecule has 0 bridgehead atoms. The minimum Gasteiger partial charge on any atom is -0.465 e. The van der Waals surface area contributed by atoms with Gasteiger partial charge in [-0.1, -0.05) is 41.5 Å². The molecule has 3 aliphatic carbocycles. The molecular weight excluding hydrogens is 432 g/mol. The predicted octanol–water partition coefficient (Wildman–Crippen LogP) is 3.60. The normalized spacial score (nSPS) is 47.0. The number of aliphatic hydroxyl groups is 3. The summed E-state index contributed by atoms with van der Waals surface area (Å²) < 4.78 is 5.85. The third-order valence-corrected chi connectivity index (χ3v) is 11.3. The average Bonchev–Trinajstić information content (AvgIpc) is 3.09. The topological polar surface area (TPSA) is 104 Å². The quantitative estimate of drug-likeness (QED) is 0.522. The fourth-order valence-corrected chi connectivity index (χ4v) is 8.77. The molecule has 0 amide bonds. The van der Waals surface area contributed by atoms with E-state index in [0.29, 0.717) is 18.9 Å². The second-order valence-corrected chi connectivity index (χ2v) is 13.1. The van der Waals surface area contributed by atoms with E-state index in [2.05, 4.69) is 13.8 Å². The van der Waals surface area contributed by atoms with Gasteiger partial charge in [-0.3, -0.25) is 9.59 Å². The number of rotatable bonds is 5. The van der Waals surface area contributed by atoms with E-state index in [1.807, 2.05) is 27.7 Å². The molecule has 1 heterocycles. The molecule has 3 saturated carbocycles. The van der Waals surface area contributed by atoms with Gasteiger partial charge in [0.2, 0.25) is 0 Å². The molecule has 12 atom stereocenters. The molecular formula is C28H46O6. The second kappa shape index (κ2) is 9.15. The van der Waals surface area contributed by atoms with E-state index in [1.54, 1.807) is 0 Å². The highest BCUT2D eigenvalue weighted by atomic mass is 16.5. The number of fused-ring (bicyclic) bond motifs is 5. The minimum absolute atomic E-state index is 0.0156. The number of carbonyl (C=O) groups is 2. The van der Waals surface area contributed by atoms with Gasteiger partial charge in [0.05, 0.1) is 24.7 Å². The Bertz CT molecular complexity index is 796. The molecule has 194 valence electrons. The van der Waals surface area contributed by atoms with Gasteiger partial charge in [-0.2, -0.15) is 0 Å². The van der Waals surface area contributed by atoms with Gasteiger partial charge in [0.15, 0.2) is 5.78 Å². The molecule has 34 heavy (non-hydrogen) atoms.